The van der Waals surface area contributed by atoms with Gasteiger partial charge in [-0.05, 0) is 48.9 Å². The fourth-order valence-corrected chi connectivity index (χ4v) is 3.51. The largest absolute Gasteiger partial charge is 0.508 e. The van der Waals surface area contributed by atoms with Crippen molar-refractivity contribution in [3.05, 3.63) is 29.3 Å². The van der Waals surface area contributed by atoms with Gasteiger partial charge in [-0.25, -0.2) is 0 Å². The van der Waals surface area contributed by atoms with E-state index in [-0.39, 0.29) is 0 Å². The van der Waals surface area contributed by atoms with Crippen LogP contribution in [0.1, 0.15) is 55.7 Å². The molecule has 0 bridgehead atoms. The molecular weight excluding hydrogens is 250 g/mol. The minimum atomic E-state index is 0.380. The molecule has 0 radical (unpaired) electrons. The molecule has 1 atom stereocenters. The summed E-state index contributed by atoms with van der Waals surface area (Å²) in [5.74, 6) is 0.380. The van der Waals surface area contributed by atoms with E-state index < -0.39 is 0 Å². The van der Waals surface area contributed by atoms with E-state index in [4.69, 9.17) is 4.74 Å². The zero-order valence-corrected chi connectivity index (χ0v) is 12.1. The van der Waals surface area contributed by atoms with Gasteiger partial charge in [0.2, 0.25) is 0 Å². The molecule has 0 aromatic heterocycles. The maximum absolute atomic E-state index is 9.50. The third-order valence-electron chi connectivity index (χ3n) is 4.60. The molecule has 3 nitrogen and oxygen atoms in total. The minimum Gasteiger partial charge on any atom is -0.508 e. The first-order valence-electron chi connectivity index (χ1n) is 8.00. The van der Waals surface area contributed by atoms with Crippen LogP contribution < -0.4 is 5.32 Å². The van der Waals surface area contributed by atoms with Crippen LogP contribution in [0.4, 0.5) is 0 Å². The summed E-state index contributed by atoms with van der Waals surface area (Å²) in [6, 6.07) is 6.17. The predicted octanol–water partition coefficient (Wildman–Crippen LogP) is 3.32. The number of aromatic hydroxyl groups is 1. The topological polar surface area (TPSA) is 41.5 Å². The summed E-state index contributed by atoms with van der Waals surface area (Å²) in [4.78, 5) is 0. The van der Waals surface area contributed by atoms with Gasteiger partial charge in [0.25, 0.3) is 0 Å². The quantitative estimate of drug-likeness (QED) is 0.810. The molecule has 0 saturated heterocycles. The number of phenolic OH excluding ortho intramolecular Hbond substituents is 1. The highest BCUT2D eigenvalue weighted by atomic mass is 16.5. The van der Waals surface area contributed by atoms with Crippen molar-refractivity contribution in [1.82, 2.24) is 5.32 Å². The van der Waals surface area contributed by atoms with E-state index in [2.05, 4.69) is 11.4 Å². The predicted molar refractivity (Wildman–Crippen MR) is 80.0 cm³/mol. The monoisotopic (exact) mass is 275 g/mol. The molecular formula is C17H25NO2. The smallest absolute Gasteiger partial charge is 0.115 e. The Morgan fingerprint density at radius 2 is 2.00 bits per heavy atom. The number of phenols is 1. The van der Waals surface area contributed by atoms with Gasteiger partial charge < -0.3 is 15.2 Å². The lowest BCUT2D eigenvalue weighted by atomic mass is 9.98. The first-order valence-corrected chi connectivity index (χ1v) is 8.00. The van der Waals surface area contributed by atoms with Crippen molar-refractivity contribution in [2.24, 2.45) is 0 Å². The van der Waals surface area contributed by atoms with Gasteiger partial charge in [-0.1, -0.05) is 25.3 Å². The molecule has 0 aliphatic heterocycles. The SMILES string of the molecule is Oc1ccc2c(c1)CCC2NCCOC1CCCCC1. The van der Waals surface area contributed by atoms with Crippen LogP contribution in [0.2, 0.25) is 0 Å². The number of rotatable bonds is 5. The molecule has 1 aromatic carbocycles. The van der Waals surface area contributed by atoms with Crippen molar-refractivity contribution in [2.45, 2.75) is 57.1 Å². The molecule has 0 spiro atoms. The molecule has 0 heterocycles. The molecule has 1 aromatic rings. The van der Waals surface area contributed by atoms with Crippen LogP contribution in [0.15, 0.2) is 18.2 Å². The van der Waals surface area contributed by atoms with Crippen LogP contribution >= 0.6 is 0 Å². The molecule has 2 N–H and O–H groups in total. The highest BCUT2D eigenvalue weighted by molar-refractivity contribution is 5.39. The van der Waals surface area contributed by atoms with Crippen molar-refractivity contribution in [3.63, 3.8) is 0 Å². The van der Waals surface area contributed by atoms with Crippen molar-refractivity contribution < 1.29 is 9.84 Å². The number of nitrogens with one attached hydrogen (secondary N) is 1. The summed E-state index contributed by atoms with van der Waals surface area (Å²) in [5.41, 5.74) is 2.64. The zero-order valence-electron chi connectivity index (χ0n) is 12.1. The van der Waals surface area contributed by atoms with Crippen molar-refractivity contribution in [3.8, 4) is 5.75 Å². The van der Waals surface area contributed by atoms with Gasteiger partial charge in [-0.2, -0.15) is 0 Å². The third-order valence-corrected chi connectivity index (χ3v) is 4.60. The molecule has 0 amide bonds. The molecule has 3 rings (SSSR count). The lowest BCUT2D eigenvalue weighted by Gasteiger charge is -2.22. The maximum atomic E-state index is 9.50. The van der Waals surface area contributed by atoms with Gasteiger partial charge in [0.05, 0.1) is 12.7 Å². The highest BCUT2D eigenvalue weighted by Crippen LogP contribution is 2.33. The molecule has 1 fully saturated rings. The Labute approximate surface area is 121 Å². The van der Waals surface area contributed by atoms with E-state index in [0.717, 1.165) is 26.0 Å². The van der Waals surface area contributed by atoms with E-state index in [1.54, 1.807) is 6.07 Å². The Balaban J connectivity index is 1.41. The maximum Gasteiger partial charge on any atom is 0.115 e. The summed E-state index contributed by atoms with van der Waals surface area (Å²) in [6.07, 6.45) is 9.21. The summed E-state index contributed by atoms with van der Waals surface area (Å²) >= 11 is 0. The van der Waals surface area contributed by atoms with Crippen molar-refractivity contribution in [2.75, 3.05) is 13.2 Å². The summed E-state index contributed by atoms with van der Waals surface area (Å²) in [5, 5.41) is 13.1. The van der Waals surface area contributed by atoms with Gasteiger partial charge in [0, 0.05) is 12.6 Å². The van der Waals surface area contributed by atoms with E-state index in [1.165, 1.54) is 43.2 Å². The van der Waals surface area contributed by atoms with Crippen molar-refractivity contribution >= 4 is 0 Å². The van der Waals surface area contributed by atoms with Gasteiger partial charge in [-0.3, -0.25) is 0 Å². The highest BCUT2D eigenvalue weighted by Gasteiger charge is 2.22. The van der Waals surface area contributed by atoms with Crippen LogP contribution in [-0.2, 0) is 11.2 Å². The molecule has 110 valence electrons. The number of fused-ring (bicyclic) bond motifs is 1. The molecule has 1 unspecified atom stereocenters. The number of ether oxygens (including phenoxy) is 1. The number of aryl methyl sites for hydroxylation is 1. The van der Waals surface area contributed by atoms with Gasteiger partial charge in [0.15, 0.2) is 0 Å². The van der Waals surface area contributed by atoms with Crippen molar-refractivity contribution in [1.29, 1.82) is 0 Å². The average Bonchev–Trinajstić information content (AvgIpc) is 2.87. The fraction of sp³-hybridized carbons (Fsp3) is 0.647. The Hall–Kier alpha value is -1.06. The first-order chi connectivity index (χ1) is 9.83. The van der Waals surface area contributed by atoms with Crippen LogP contribution in [0, 0.1) is 0 Å². The molecule has 1 saturated carbocycles. The number of hydrogen-bond acceptors (Lipinski definition) is 3. The molecule has 2 aliphatic carbocycles. The first kappa shape index (κ1) is 13.9. The second-order valence-corrected chi connectivity index (χ2v) is 6.06. The summed E-state index contributed by atoms with van der Waals surface area (Å²) < 4.78 is 5.95. The van der Waals surface area contributed by atoms with Crippen LogP contribution in [-0.4, -0.2) is 24.4 Å². The number of hydrogen-bond donors (Lipinski definition) is 2. The van der Waals surface area contributed by atoms with E-state index in [9.17, 15) is 5.11 Å². The zero-order chi connectivity index (χ0) is 13.8. The van der Waals surface area contributed by atoms with Crippen LogP contribution in [0.3, 0.4) is 0 Å². The summed E-state index contributed by atoms with van der Waals surface area (Å²) in [6.45, 7) is 1.73. The second-order valence-electron chi connectivity index (χ2n) is 6.06. The summed E-state index contributed by atoms with van der Waals surface area (Å²) in [7, 11) is 0. The van der Waals surface area contributed by atoms with E-state index >= 15 is 0 Å². The van der Waals surface area contributed by atoms with Gasteiger partial charge in [-0.15, -0.1) is 0 Å². The lowest BCUT2D eigenvalue weighted by Crippen LogP contribution is -2.26. The van der Waals surface area contributed by atoms with E-state index in [0.29, 0.717) is 17.9 Å². The van der Waals surface area contributed by atoms with Crippen LogP contribution in [0.25, 0.3) is 0 Å². The Bertz CT molecular complexity index is 441. The van der Waals surface area contributed by atoms with E-state index in [1.807, 2.05) is 6.07 Å². The van der Waals surface area contributed by atoms with Gasteiger partial charge in [0.1, 0.15) is 5.75 Å². The Morgan fingerprint density at radius 3 is 2.85 bits per heavy atom. The average molecular weight is 275 g/mol. The normalized spacial score (nSPS) is 22.9. The Morgan fingerprint density at radius 1 is 1.15 bits per heavy atom. The standard InChI is InChI=1S/C17H25NO2/c19-14-7-8-16-13(12-14)6-9-17(16)18-10-11-20-15-4-2-1-3-5-15/h7-8,12,15,17-19H,1-6,9-11H2. The molecule has 2 aliphatic rings. The molecule has 20 heavy (non-hydrogen) atoms. The second kappa shape index (κ2) is 6.59. The fourth-order valence-electron chi connectivity index (χ4n) is 3.51. The molecule has 3 heteroatoms. The van der Waals surface area contributed by atoms with Crippen LogP contribution in [0.5, 0.6) is 5.75 Å². The number of benzene rings is 1. The van der Waals surface area contributed by atoms with Gasteiger partial charge >= 0.3 is 0 Å². The lowest BCUT2D eigenvalue weighted by molar-refractivity contribution is 0.0294. The Kier molecular flexibility index (Phi) is 4.58. The minimum absolute atomic E-state index is 0.380. The third kappa shape index (κ3) is 3.33.